The van der Waals surface area contributed by atoms with Gasteiger partial charge in [0.1, 0.15) is 0 Å². The molecule has 0 amide bonds. The minimum atomic E-state index is -0.193. The van der Waals surface area contributed by atoms with Gasteiger partial charge in [0.25, 0.3) is 0 Å². The van der Waals surface area contributed by atoms with Crippen molar-refractivity contribution in [1.29, 1.82) is 0 Å². The Morgan fingerprint density at radius 1 is 1.12 bits per heavy atom. The molecule has 0 aromatic carbocycles. The second-order valence-electron chi connectivity index (χ2n) is 1.14. The fraction of sp³-hybridized carbons (Fsp3) is 0. The summed E-state index contributed by atoms with van der Waals surface area (Å²) in [5.74, 6) is 0. The molecule has 0 atom stereocenters. The SMILES string of the molecule is C1=CC=[As]OOC=C1. The van der Waals surface area contributed by atoms with Crippen LogP contribution in [0.2, 0.25) is 0 Å². The predicted molar refractivity (Wildman–Crippen MR) is 32.3 cm³/mol. The molecular formula is C5H5AsO2. The number of hydrogen-bond acceptors (Lipinski definition) is 2. The second-order valence-corrected chi connectivity index (χ2v) is 2.52. The van der Waals surface area contributed by atoms with Crippen LogP contribution < -0.4 is 0 Å². The summed E-state index contributed by atoms with van der Waals surface area (Å²) < 4.78 is 4.67. The van der Waals surface area contributed by atoms with Gasteiger partial charge in [0.05, 0.1) is 0 Å². The fourth-order valence-electron chi connectivity index (χ4n) is 0.301. The monoisotopic (exact) mass is 172 g/mol. The van der Waals surface area contributed by atoms with Crippen molar-refractivity contribution in [3.63, 3.8) is 0 Å². The van der Waals surface area contributed by atoms with Crippen LogP contribution in [0.4, 0.5) is 0 Å². The van der Waals surface area contributed by atoms with Gasteiger partial charge in [-0.3, -0.25) is 0 Å². The molecule has 0 saturated heterocycles. The number of rotatable bonds is 0. The van der Waals surface area contributed by atoms with Gasteiger partial charge in [0.15, 0.2) is 0 Å². The molecule has 0 spiro atoms. The summed E-state index contributed by atoms with van der Waals surface area (Å²) in [6.07, 6.45) is 7.13. The van der Waals surface area contributed by atoms with Gasteiger partial charge in [0, 0.05) is 0 Å². The molecule has 8 heavy (non-hydrogen) atoms. The first-order valence-electron chi connectivity index (χ1n) is 2.18. The Morgan fingerprint density at radius 2 is 2.12 bits per heavy atom. The molecule has 0 unspecified atom stereocenters. The van der Waals surface area contributed by atoms with E-state index in [2.05, 4.69) is 8.76 Å². The Hall–Kier alpha value is -0.332. The Balaban J connectivity index is 2.51. The molecular weight excluding hydrogens is 167 g/mol. The van der Waals surface area contributed by atoms with Crippen LogP contribution >= 0.6 is 0 Å². The van der Waals surface area contributed by atoms with E-state index in [0.29, 0.717) is 0 Å². The molecule has 1 aliphatic heterocycles. The van der Waals surface area contributed by atoms with Gasteiger partial charge in [-0.25, -0.2) is 0 Å². The van der Waals surface area contributed by atoms with Gasteiger partial charge >= 0.3 is 53.7 Å². The van der Waals surface area contributed by atoms with Gasteiger partial charge in [-0.1, -0.05) is 0 Å². The van der Waals surface area contributed by atoms with Gasteiger partial charge in [-0.15, -0.1) is 0 Å². The molecule has 2 nitrogen and oxygen atoms in total. The molecule has 3 heteroatoms. The summed E-state index contributed by atoms with van der Waals surface area (Å²) in [5.41, 5.74) is 0. The van der Waals surface area contributed by atoms with Crippen LogP contribution in [0.3, 0.4) is 0 Å². The first-order chi connectivity index (χ1) is 4.00. The normalized spacial score (nSPS) is 19.0. The first kappa shape index (κ1) is 5.80. The standard InChI is InChI=1S/C5H5AsO2/c1-2-4-6-8-7-5-3-1/h1-5H. The third kappa shape index (κ3) is 2.10. The molecule has 1 rings (SSSR count). The van der Waals surface area contributed by atoms with Crippen LogP contribution in [0.1, 0.15) is 0 Å². The maximum atomic E-state index is 4.67. The molecule has 0 fully saturated rings. The summed E-state index contributed by atoms with van der Waals surface area (Å²) in [7, 11) is 0. The van der Waals surface area contributed by atoms with Crippen LogP contribution in [-0.4, -0.2) is 20.5 Å². The molecule has 0 radical (unpaired) electrons. The Kier molecular flexibility index (Phi) is 2.64. The van der Waals surface area contributed by atoms with E-state index >= 15 is 0 Å². The Morgan fingerprint density at radius 3 is 3.12 bits per heavy atom. The van der Waals surface area contributed by atoms with E-state index in [1.807, 2.05) is 17.0 Å². The molecule has 0 aliphatic carbocycles. The van der Waals surface area contributed by atoms with Gasteiger partial charge < -0.3 is 0 Å². The van der Waals surface area contributed by atoms with E-state index in [1.165, 1.54) is 6.26 Å². The van der Waals surface area contributed by atoms with Crippen LogP contribution in [-0.2, 0) is 8.76 Å². The molecule has 0 N–H and O–H groups in total. The van der Waals surface area contributed by atoms with Crippen molar-refractivity contribution < 1.29 is 8.76 Å². The summed E-state index contributed by atoms with van der Waals surface area (Å²) in [5, 5.41) is 0. The van der Waals surface area contributed by atoms with Gasteiger partial charge in [-0.2, -0.15) is 0 Å². The summed E-state index contributed by atoms with van der Waals surface area (Å²) in [6.45, 7) is 0. The van der Waals surface area contributed by atoms with Crippen LogP contribution in [0.15, 0.2) is 24.5 Å². The summed E-state index contributed by atoms with van der Waals surface area (Å²) >= 11 is -0.193. The van der Waals surface area contributed by atoms with Crippen molar-refractivity contribution >= 4 is 20.5 Å². The van der Waals surface area contributed by atoms with Gasteiger partial charge in [-0.05, 0) is 0 Å². The quantitative estimate of drug-likeness (QED) is 0.390. The predicted octanol–water partition coefficient (Wildman–Crippen LogP) is 0.439. The van der Waals surface area contributed by atoms with Crippen molar-refractivity contribution in [2.45, 2.75) is 0 Å². The van der Waals surface area contributed by atoms with Crippen molar-refractivity contribution in [1.82, 2.24) is 0 Å². The molecule has 0 bridgehead atoms. The summed E-state index contributed by atoms with van der Waals surface area (Å²) in [4.78, 5) is 6.51. The van der Waals surface area contributed by atoms with Crippen molar-refractivity contribution in [3.05, 3.63) is 24.5 Å². The second kappa shape index (κ2) is 3.64. The molecule has 1 aliphatic rings. The molecule has 0 saturated carbocycles. The third-order valence-corrected chi connectivity index (χ3v) is 1.57. The zero-order chi connectivity index (χ0) is 5.66. The maximum absolute atomic E-state index is 4.67. The zero-order valence-corrected chi connectivity index (χ0v) is 6.03. The average Bonchev–Trinajstić information content (AvgIpc) is 1.62. The molecule has 1 heterocycles. The topological polar surface area (TPSA) is 18.5 Å². The number of hydrogen-bond donors (Lipinski definition) is 0. The summed E-state index contributed by atoms with van der Waals surface area (Å²) in [6, 6.07) is 0. The van der Waals surface area contributed by atoms with E-state index in [-0.39, 0.29) is 15.7 Å². The van der Waals surface area contributed by atoms with Crippen LogP contribution in [0.25, 0.3) is 0 Å². The van der Waals surface area contributed by atoms with E-state index in [0.717, 1.165) is 0 Å². The van der Waals surface area contributed by atoms with Crippen molar-refractivity contribution in [2.24, 2.45) is 0 Å². The van der Waals surface area contributed by atoms with Crippen molar-refractivity contribution in [3.8, 4) is 0 Å². The first-order valence-corrected chi connectivity index (χ1v) is 4.03. The Labute approximate surface area is 54.3 Å². The average molecular weight is 172 g/mol. The van der Waals surface area contributed by atoms with Crippen LogP contribution in [0.5, 0.6) is 0 Å². The van der Waals surface area contributed by atoms with Gasteiger partial charge in [0.2, 0.25) is 0 Å². The number of allylic oxidation sites excluding steroid dienone is 3. The molecule has 0 aromatic heterocycles. The third-order valence-electron chi connectivity index (χ3n) is 0.589. The van der Waals surface area contributed by atoms with E-state index in [4.69, 9.17) is 0 Å². The van der Waals surface area contributed by atoms with Crippen LogP contribution in [0, 0.1) is 0 Å². The minimum absolute atomic E-state index is 0.193. The molecule has 0 aromatic rings. The zero-order valence-electron chi connectivity index (χ0n) is 4.15. The van der Waals surface area contributed by atoms with Crippen molar-refractivity contribution in [2.75, 3.05) is 0 Å². The van der Waals surface area contributed by atoms with E-state index in [1.54, 1.807) is 6.08 Å². The Bertz CT molecular complexity index is 121. The molecule has 42 valence electrons. The fourth-order valence-corrected chi connectivity index (χ4v) is 0.970. The van der Waals surface area contributed by atoms with E-state index in [9.17, 15) is 0 Å². The van der Waals surface area contributed by atoms with E-state index < -0.39 is 0 Å².